The fourth-order valence-corrected chi connectivity index (χ4v) is 2.44. The van der Waals surface area contributed by atoms with Gasteiger partial charge in [0.1, 0.15) is 10.6 Å². The molecule has 0 heterocycles. The highest BCUT2D eigenvalue weighted by Crippen LogP contribution is 2.28. The molecule has 0 aliphatic rings. The first-order valence-electron chi connectivity index (χ1n) is 4.90. The van der Waals surface area contributed by atoms with Crippen LogP contribution in [0.25, 0.3) is 0 Å². The average molecular weight is 244 g/mol. The molecule has 1 aromatic carbocycles. The van der Waals surface area contributed by atoms with Crippen molar-refractivity contribution >= 4 is 9.84 Å². The molecule has 0 bridgehead atoms. The van der Waals surface area contributed by atoms with E-state index in [-0.39, 0.29) is 4.90 Å². The zero-order valence-corrected chi connectivity index (χ0v) is 10.4. The van der Waals surface area contributed by atoms with Gasteiger partial charge in [0.2, 0.25) is 0 Å². The summed E-state index contributed by atoms with van der Waals surface area (Å²) in [7, 11) is -1.88. The Kier molecular flexibility index (Phi) is 3.93. The molecule has 0 spiro atoms. The highest BCUT2D eigenvalue weighted by atomic mass is 32.2. The molecule has 1 rings (SSSR count). The number of para-hydroxylation sites is 1. The summed E-state index contributed by atoms with van der Waals surface area (Å²) >= 11 is 0. The summed E-state index contributed by atoms with van der Waals surface area (Å²) in [5, 5.41) is 9.31. The quantitative estimate of drug-likeness (QED) is 0.859. The number of aliphatic hydroxyl groups is 1. The van der Waals surface area contributed by atoms with E-state index >= 15 is 0 Å². The molecule has 1 aromatic rings. The number of rotatable bonds is 4. The van der Waals surface area contributed by atoms with E-state index in [1.165, 1.54) is 13.2 Å². The molecular weight excluding hydrogens is 228 g/mol. The van der Waals surface area contributed by atoms with E-state index < -0.39 is 15.9 Å². The van der Waals surface area contributed by atoms with Crippen molar-refractivity contribution in [3.05, 3.63) is 23.8 Å². The van der Waals surface area contributed by atoms with E-state index in [1.807, 2.05) is 0 Å². The maximum atomic E-state index is 11.5. The van der Waals surface area contributed by atoms with Crippen LogP contribution in [-0.4, -0.2) is 33.0 Å². The number of sulfone groups is 1. The number of methoxy groups -OCH3 is 1. The molecule has 1 N–H and O–H groups in total. The van der Waals surface area contributed by atoms with E-state index in [0.29, 0.717) is 17.7 Å². The van der Waals surface area contributed by atoms with Gasteiger partial charge in [0.25, 0.3) is 0 Å². The van der Waals surface area contributed by atoms with Crippen molar-refractivity contribution in [1.82, 2.24) is 0 Å². The summed E-state index contributed by atoms with van der Waals surface area (Å²) in [5.41, 5.74) is 0.695. The van der Waals surface area contributed by atoms with E-state index in [9.17, 15) is 13.5 Å². The van der Waals surface area contributed by atoms with Gasteiger partial charge in [-0.15, -0.1) is 0 Å². The Hall–Kier alpha value is -1.07. The van der Waals surface area contributed by atoms with E-state index in [1.54, 1.807) is 19.1 Å². The lowest BCUT2D eigenvalue weighted by atomic mass is 10.1. The van der Waals surface area contributed by atoms with Gasteiger partial charge in [0.15, 0.2) is 9.84 Å². The molecule has 0 fully saturated rings. The van der Waals surface area contributed by atoms with Gasteiger partial charge in [-0.3, -0.25) is 0 Å². The molecule has 0 saturated heterocycles. The first-order chi connectivity index (χ1) is 7.36. The number of hydrogen-bond acceptors (Lipinski definition) is 4. The summed E-state index contributed by atoms with van der Waals surface area (Å²) in [6.07, 6.45) is 0.965. The minimum absolute atomic E-state index is 0.160. The maximum Gasteiger partial charge on any atom is 0.179 e. The SMILES string of the molecule is COc1c(CC(C)O)cccc1S(C)(=O)=O. The van der Waals surface area contributed by atoms with E-state index in [2.05, 4.69) is 0 Å². The molecule has 16 heavy (non-hydrogen) atoms. The van der Waals surface area contributed by atoms with Crippen molar-refractivity contribution in [2.24, 2.45) is 0 Å². The molecule has 0 aliphatic carbocycles. The van der Waals surface area contributed by atoms with Crippen LogP contribution in [0.1, 0.15) is 12.5 Å². The standard InChI is InChI=1S/C11H16O4S/c1-8(12)7-9-5-4-6-10(11(9)15-2)16(3,13)14/h4-6,8,12H,7H2,1-3H3. The van der Waals surface area contributed by atoms with Gasteiger partial charge in [-0.2, -0.15) is 0 Å². The summed E-state index contributed by atoms with van der Waals surface area (Å²) in [6.45, 7) is 1.65. The van der Waals surface area contributed by atoms with Gasteiger partial charge in [-0.05, 0) is 18.6 Å². The smallest absolute Gasteiger partial charge is 0.179 e. The van der Waals surface area contributed by atoms with Gasteiger partial charge in [-0.25, -0.2) is 8.42 Å². The second-order valence-electron chi connectivity index (χ2n) is 3.77. The Morgan fingerprint density at radius 2 is 2.06 bits per heavy atom. The topological polar surface area (TPSA) is 63.6 Å². The van der Waals surface area contributed by atoms with Gasteiger partial charge < -0.3 is 9.84 Å². The lowest BCUT2D eigenvalue weighted by Crippen LogP contribution is -2.08. The molecular formula is C11H16O4S. The minimum atomic E-state index is -3.31. The van der Waals surface area contributed by atoms with Crippen LogP contribution in [-0.2, 0) is 16.3 Å². The third-order valence-electron chi connectivity index (χ3n) is 2.18. The first kappa shape index (κ1) is 13.0. The summed E-state index contributed by atoms with van der Waals surface area (Å²) in [6, 6.07) is 4.90. The lowest BCUT2D eigenvalue weighted by Gasteiger charge is -2.13. The van der Waals surface area contributed by atoms with Crippen molar-refractivity contribution in [2.45, 2.75) is 24.3 Å². The Bertz CT molecular complexity index is 463. The summed E-state index contributed by atoms with van der Waals surface area (Å²) in [4.78, 5) is 0.160. The largest absolute Gasteiger partial charge is 0.495 e. The predicted octanol–water partition coefficient (Wildman–Crippen LogP) is 1.02. The number of hydrogen-bond donors (Lipinski definition) is 1. The van der Waals surface area contributed by atoms with Crippen LogP contribution in [0.3, 0.4) is 0 Å². The predicted molar refractivity (Wildman–Crippen MR) is 61.5 cm³/mol. The van der Waals surface area contributed by atoms with Gasteiger partial charge in [-0.1, -0.05) is 12.1 Å². The van der Waals surface area contributed by atoms with Crippen LogP contribution < -0.4 is 4.74 Å². The lowest BCUT2D eigenvalue weighted by molar-refractivity contribution is 0.194. The van der Waals surface area contributed by atoms with Crippen molar-refractivity contribution in [2.75, 3.05) is 13.4 Å². The molecule has 0 amide bonds. The summed E-state index contributed by atoms with van der Waals surface area (Å²) < 4.78 is 28.1. The second-order valence-corrected chi connectivity index (χ2v) is 5.76. The Morgan fingerprint density at radius 3 is 2.50 bits per heavy atom. The molecule has 90 valence electrons. The molecule has 1 unspecified atom stereocenters. The molecule has 4 nitrogen and oxygen atoms in total. The van der Waals surface area contributed by atoms with Crippen molar-refractivity contribution in [3.63, 3.8) is 0 Å². The highest BCUT2D eigenvalue weighted by molar-refractivity contribution is 7.90. The van der Waals surface area contributed by atoms with Crippen LogP contribution >= 0.6 is 0 Å². The monoisotopic (exact) mass is 244 g/mol. The Morgan fingerprint density at radius 1 is 1.44 bits per heavy atom. The molecule has 0 radical (unpaired) electrons. The molecule has 5 heteroatoms. The Balaban J connectivity index is 3.32. The van der Waals surface area contributed by atoms with Crippen molar-refractivity contribution in [3.8, 4) is 5.75 Å². The van der Waals surface area contributed by atoms with Crippen molar-refractivity contribution < 1.29 is 18.3 Å². The fourth-order valence-electron chi connectivity index (χ4n) is 1.56. The number of aliphatic hydroxyl groups excluding tert-OH is 1. The molecule has 1 atom stereocenters. The fraction of sp³-hybridized carbons (Fsp3) is 0.455. The second kappa shape index (κ2) is 4.84. The molecule has 0 aliphatic heterocycles. The van der Waals surface area contributed by atoms with Crippen LogP contribution in [0.2, 0.25) is 0 Å². The zero-order chi connectivity index (χ0) is 12.3. The highest BCUT2D eigenvalue weighted by Gasteiger charge is 2.17. The normalized spacial score (nSPS) is 13.5. The third kappa shape index (κ3) is 2.96. The van der Waals surface area contributed by atoms with Crippen LogP contribution in [0.5, 0.6) is 5.75 Å². The Labute approximate surface area is 95.8 Å². The van der Waals surface area contributed by atoms with Gasteiger partial charge in [0.05, 0.1) is 13.2 Å². The van der Waals surface area contributed by atoms with Crippen LogP contribution in [0.15, 0.2) is 23.1 Å². The number of benzene rings is 1. The molecule has 0 saturated carbocycles. The van der Waals surface area contributed by atoms with Crippen LogP contribution in [0, 0.1) is 0 Å². The van der Waals surface area contributed by atoms with E-state index in [4.69, 9.17) is 4.74 Å². The van der Waals surface area contributed by atoms with E-state index in [0.717, 1.165) is 6.26 Å². The first-order valence-corrected chi connectivity index (χ1v) is 6.79. The minimum Gasteiger partial charge on any atom is -0.495 e. The van der Waals surface area contributed by atoms with Crippen LogP contribution in [0.4, 0.5) is 0 Å². The number of ether oxygens (including phenoxy) is 1. The summed E-state index contributed by atoms with van der Waals surface area (Å²) in [5.74, 6) is 0.325. The van der Waals surface area contributed by atoms with Gasteiger partial charge >= 0.3 is 0 Å². The maximum absolute atomic E-state index is 11.5. The molecule has 0 aromatic heterocycles. The third-order valence-corrected chi connectivity index (χ3v) is 3.30. The zero-order valence-electron chi connectivity index (χ0n) is 9.60. The van der Waals surface area contributed by atoms with Crippen molar-refractivity contribution in [1.29, 1.82) is 0 Å². The van der Waals surface area contributed by atoms with Gasteiger partial charge in [0, 0.05) is 12.7 Å². The average Bonchev–Trinajstić information content (AvgIpc) is 2.15.